The molecule has 2 rings (SSSR count). The molecule has 0 aromatic heterocycles. The minimum atomic E-state index is -3.09. The van der Waals surface area contributed by atoms with Crippen LogP contribution in [0.15, 0.2) is 24.3 Å². The van der Waals surface area contributed by atoms with Gasteiger partial charge in [-0.1, -0.05) is 6.92 Å². The van der Waals surface area contributed by atoms with Gasteiger partial charge in [-0.25, -0.2) is 8.42 Å². The SMILES string of the molecule is CCCS(=O)(=O)N1CCN(c2ccc(C(C)=O)cc2)CC1. The van der Waals surface area contributed by atoms with Crippen LogP contribution in [0.2, 0.25) is 0 Å². The minimum Gasteiger partial charge on any atom is -0.369 e. The van der Waals surface area contributed by atoms with Gasteiger partial charge in [0.1, 0.15) is 0 Å². The molecule has 1 aliphatic rings. The van der Waals surface area contributed by atoms with Crippen LogP contribution < -0.4 is 4.90 Å². The zero-order valence-corrected chi connectivity index (χ0v) is 13.4. The van der Waals surface area contributed by atoms with E-state index in [1.54, 1.807) is 11.2 Å². The lowest BCUT2D eigenvalue weighted by molar-refractivity contribution is 0.101. The van der Waals surface area contributed by atoms with Gasteiger partial charge in [-0.2, -0.15) is 4.31 Å². The van der Waals surface area contributed by atoms with Gasteiger partial charge < -0.3 is 4.90 Å². The van der Waals surface area contributed by atoms with Crippen molar-refractivity contribution in [1.29, 1.82) is 0 Å². The number of piperazine rings is 1. The predicted octanol–water partition coefficient (Wildman–Crippen LogP) is 1.75. The molecule has 0 aliphatic carbocycles. The molecule has 1 saturated heterocycles. The van der Waals surface area contributed by atoms with Crippen molar-refractivity contribution in [3.8, 4) is 0 Å². The second-order valence-corrected chi connectivity index (χ2v) is 7.39. The highest BCUT2D eigenvalue weighted by atomic mass is 32.2. The first kappa shape index (κ1) is 16.0. The van der Waals surface area contributed by atoms with E-state index in [2.05, 4.69) is 4.90 Å². The summed E-state index contributed by atoms with van der Waals surface area (Å²) in [6.45, 7) is 5.84. The number of sulfonamides is 1. The number of nitrogens with zero attached hydrogens (tertiary/aromatic N) is 2. The molecule has 0 spiro atoms. The largest absolute Gasteiger partial charge is 0.369 e. The summed E-state index contributed by atoms with van der Waals surface area (Å²) >= 11 is 0. The minimum absolute atomic E-state index is 0.0528. The van der Waals surface area contributed by atoms with Crippen molar-refractivity contribution in [3.05, 3.63) is 29.8 Å². The third-order valence-electron chi connectivity index (χ3n) is 3.73. The molecule has 0 unspecified atom stereocenters. The number of anilines is 1. The second kappa shape index (κ2) is 6.58. The molecule has 1 heterocycles. The van der Waals surface area contributed by atoms with Gasteiger partial charge in [-0.3, -0.25) is 4.79 Å². The Labute approximate surface area is 126 Å². The highest BCUT2D eigenvalue weighted by molar-refractivity contribution is 7.89. The number of hydrogen-bond donors (Lipinski definition) is 0. The maximum absolute atomic E-state index is 12.0. The molecule has 1 aromatic rings. The standard InChI is InChI=1S/C15H22N2O3S/c1-3-12-21(19,20)17-10-8-16(9-11-17)15-6-4-14(5-7-15)13(2)18/h4-7H,3,8-12H2,1-2H3. The molecule has 21 heavy (non-hydrogen) atoms. The first-order valence-corrected chi connectivity index (χ1v) is 8.88. The molecular weight excluding hydrogens is 288 g/mol. The molecule has 0 bridgehead atoms. The number of ketones is 1. The van der Waals surface area contributed by atoms with Gasteiger partial charge in [0.25, 0.3) is 0 Å². The van der Waals surface area contributed by atoms with E-state index in [9.17, 15) is 13.2 Å². The van der Waals surface area contributed by atoms with Crippen LogP contribution >= 0.6 is 0 Å². The first-order valence-electron chi connectivity index (χ1n) is 7.28. The van der Waals surface area contributed by atoms with Gasteiger partial charge >= 0.3 is 0 Å². The lowest BCUT2D eigenvalue weighted by atomic mass is 10.1. The fourth-order valence-corrected chi connectivity index (χ4v) is 4.01. The van der Waals surface area contributed by atoms with Crippen molar-refractivity contribution in [2.24, 2.45) is 0 Å². The molecule has 0 radical (unpaired) electrons. The van der Waals surface area contributed by atoms with Gasteiger partial charge in [0.05, 0.1) is 5.75 Å². The van der Waals surface area contributed by atoms with Gasteiger partial charge in [0.2, 0.25) is 10.0 Å². The third-order valence-corrected chi connectivity index (χ3v) is 5.81. The van der Waals surface area contributed by atoms with Crippen LogP contribution in [0.25, 0.3) is 0 Å². The molecule has 1 aromatic carbocycles. The fourth-order valence-electron chi connectivity index (χ4n) is 2.52. The lowest BCUT2D eigenvalue weighted by Crippen LogP contribution is -2.49. The maximum atomic E-state index is 12.0. The highest BCUT2D eigenvalue weighted by Gasteiger charge is 2.26. The fraction of sp³-hybridized carbons (Fsp3) is 0.533. The molecule has 1 fully saturated rings. The summed E-state index contributed by atoms with van der Waals surface area (Å²) in [5.74, 6) is 0.275. The van der Waals surface area contributed by atoms with E-state index in [0.29, 0.717) is 38.2 Å². The molecule has 0 amide bonds. The summed E-state index contributed by atoms with van der Waals surface area (Å²) in [6, 6.07) is 7.48. The van der Waals surface area contributed by atoms with Gasteiger partial charge in [0, 0.05) is 37.4 Å². The van der Waals surface area contributed by atoms with E-state index in [0.717, 1.165) is 5.69 Å². The molecule has 0 saturated carbocycles. The lowest BCUT2D eigenvalue weighted by Gasteiger charge is -2.35. The van der Waals surface area contributed by atoms with E-state index in [1.165, 1.54) is 0 Å². The number of Topliss-reactive ketones (excluding diaryl/α,β-unsaturated/α-hetero) is 1. The molecule has 116 valence electrons. The summed E-state index contributed by atoms with van der Waals surface area (Å²) in [7, 11) is -3.09. The zero-order chi connectivity index (χ0) is 15.5. The van der Waals surface area contributed by atoms with Crippen LogP contribution in [0.5, 0.6) is 0 Å². The Morgan fingerprint density at radius 1 is 1.10 bits per heavy atom. The summed E-state index contributed by atoms with van der Waals surface area (Å²) < 4.78 is 25.6. The molecule has 0 atom stereocenters. The first-order chi connectivity index (χ1) is 9.94. The summed E-state index contributed by atoms with van der Waals surface area (Å²) in [5.41, 5.74) is 1.73. The van der Waals surface area contributed by atoms with Crippen molar-refractivity contribution >= 4 is 21.5 Å². The van der Waals surface area contributed by atoms with Crippen molar-refractivity contribution < 1.29 is 13.2 Å². The molecule has 1 aliphatic heterocycles. The summed E-state index contributed by atoms with van der Waals surface area (Å²) in [4.78, 5) is 13.4. The smallest absolute Gasteiger partial charge is 0.214 e. The van der Waals surface area contributed by atoms with E-state index < -0.39 is 10.0 Å². The monoisotopic (exact) mass is 310 g/mol. The van der Waals surface area contributed by atoms with Crippen LogP contribution in [0.3, 0.4) is 0 Å². The average molecular weight is 310 g/mol. The van der Waals surface area contributed by atoms with Crippen molar-refractivity contribution in [2.75, 3.05) is 36.8 Å². The Balaban J connectivity index is 1.99. The van der Waals surface area contributed by atoms with Crippen LogP contribution in [0, 0.1) is 0 Å². The van der Waals surface area contributed by atoms with E-state index in [-0.39, 0.29) is 11.5 Å². The maximum Gasteiger partial charge on any atom is 0.214 e. The van der Waals surface area contributed by atoms with Gasteiger partial charge in [-0.05, 0) is 37.6 Å². The Kier molecular flexibility index (Phi) is 5.00. The Morgan fingerprint density at radius 3 is 2.14 bits per heavy atom. The van der Waals surface area contributed by atoms with Crippen molar-refractivity contribution in [2.45, 2.75) is 20.3 Å². The summed E-state index contributed by atoms with van der Waals surface area (Å²) in [5, 5.41) is 0. The average Bonchev–Trinajstić information content (AvgIpc) is 2.47. The number of rotatable bonds is 5. The molecule has 0 N–H and O–H groups in total. The number of benzene rings is 1. The van der Waals surface area contributed by atoms with Crippen LogP contribution in [0.1, 0.15) is 30.6 Å². The molecule has 6 heteroatoms. The van der Waals surface area contributed by atoms with Crippen LogP contribution in [-0.2, 0) is 10.0 Å². The van der Waals surface area contributed by atoms with Gasteiger partial charge in [-0.15, -0.1) is 0 Å². The number of carbonyl (C=O) groups is 1. The number of carbonyl (C=O) groups excluding carboxylic acids is 1. The van der Waals surface area contributed by atoms with Crippen molar-refractivity contribution in [1.82, 2.24) is 4.31 Å². The van der Waals surface area contributed by atoms with E-state index in [1.807, 2.05) is 31.2 Å². The van der Waals surface area contributed by atoms with E-state index >= 15 is 0 Å². The van der Waals surface area contributed by atoms with Crippen LogP contribution in [0.4, 0.5) is 5.69 Å². The van der Waals surface area contributed by atoms with E-state index in [4.69, 9.17) is 0 Å². The third kappa shape index (κ3) is 3.83. The molecular formula is C15H22N2O3S. The topological polar surface area (TPSA) is 57.7 Å². The molecule has 5 nitrogen and oxygen atoms in total. The predicted molar refractivity (Wildman–Crippen MR) is 84.3 cm³/mol. The van der Waals surface area contributed by atoms with Crippen molar-refractivity contribution in [3.63, 3.8) is 0 Å². The summed E-state index contributed by atoms with van der Waals surface area (Å²) in [6.07, 6.45) is 0.648. The Bertz CT molecular complexity index is 588. The van der Waals surface area contributed by atoms with Crippen LogP contribution in [-0.4, -0.2) is 50.4 Å². The Hall–Kier alpha value is -1.40. The highest BCUT2D eigenvalue weighted by Crippen LogP contribution is 2.19. The zero-order valence-electron chi connectivity index (χ0n) is 12.6. The second-order valence-electron chi connectivity index (χ2n) is 5.31. The van der Waals surface area contributed by atoms with Gasteiger partial charge in [0.15, 0.2) is 5.78 Å². The normalized spacial score (nSPS) is 17.0. The quantitative estimate of drug-likeness (QED) is 0.778. The Morgan fingerprint density at radius 2 is 1.67 bits per heavy atom. The number of hydrogen-bond acceptors (Lipinski definition) is 4.